The first-order chi connectivity index (χ1) is 19.6. The molecular weight excluding hydrogens is 580 g/mol. The largest absolute Gasteiger partial charge is 0.490 e. The molecule has 3 aromatic carbocycles. The number of hydrogen-bond donors (Lipinski definition) is 2. The Hall–Kier alpha value is -4.42. The summed E-state index contributed by atoms with van der Waals surface area (Å²) >= 11 is 6.56. The number of benzene rings is 3. The van der Waals surface area contributed by atoms with Crippen LogP contribution in [0.4, 0.5) is 25.0 Å². The Balaban J connectivity index is 1.41. The summed E-state index contributed by atoms with van der Waals surface area (Å²) in [6.45, 7) is 1.08. The summed E-state index contributed by atoms with van der Waals surface area (Å²) in [6.07, 6.45) is 1.45. The third-order valence-electron chi connectivity index (χ3n) is 5.41. The first-order valence-corrected chi connectivity index (χ1v) is 13.3. The number of halogens is 3. The molecule has 4 amide bonds. The lowest BCUT2D eigenvalue weighted by Gasteiger charge is -2.13. The molecule has 1 heterocycles. The van der Waals surface area contributed by atoms with Crippen molar-refractivity contribution in [3.05, 3.63) is 87.8 Å². The second-order valence-corrected chi connectivity index (χ2v) is 9.86. The molecule has 13 heteroatoms. The van der Waals surface area contributed by atoms with E-state index < -0.39 is 41.1 Å². The highest BCUT2D eigenvalue weighted by Gasteiger charge is 2.36. The maximum absolute atomic E-state index is 13.8. The molecule has 1 fully saturated rings. The number of thioether (sulfide) groups is 1. The van der Waals surface area contributed by atoms with Crippen LogP contribution in [0.5, 0.6) is 11.5 Å². The van der Waals surface area contributed by atoms with E-state index in [1.807, 2.05) is 0 Å². The van der Waals surface area contributed by atoms with Gasteiger partial charge in [0.25, 0.3) is 17.1 Å². The maximum Gasteiger partial charge on any atom is 0.294 e. The molecule has 9 nitrogen and oxygen atoms in total. The number of anilines is 2. The third-order valence-corrected chi connectivity index (χ3v) is 6.56. The number of nitrogens with zero attached hydrogens (tertiary/aromatic N) is 1. The zero-order valence-corrected chi connectivity index (χ0v) is 23.0. The second-order valence-electron chi connectivity index (χ2n) is 8.43. The van der Waals surface area contributed by atoms with Crippen LogP contribution in [0.2, 0.25) is 5.02 Å². The van der Waals surface area contributed by atoms with E-state index in [9.17, 15) is 28.0 Å². The highest BCUT2D eigenvalue weighted by Crippen LogP contribution is 2.35. The van der Waals surface area contributed by atoms with Gasteiger partial charge in [0.15, 0.2) is 18.1 Å². The van der Waals surface area contributed by atoms with Gasteiger partial charge in [-0.25, -0.2) is 8.78 Å². The molecule has 0 saturated carbocycles. The van der Waals surface area contributed by atoms with Crippen molar-refractivity contribution in [1.29, 1.82) is 0 Å². The van der Waals surface area contributed by atoms with Gasteiger partial charge in [-0.15, -0.1) is 0 Å². The van der Waals surface area contributed by atoms with Crippen LogP contribution in [0, 0.1) is 11.6 Å². The first-order valence-electron chi connectivity index (χ1n) is 12.1. The smallest absolute Gasteiger partial charge is 0.294 e. The van der Waals surface area contributed by atoms with Gasteiger partial charge < -0.3 is 20.1 Å². The molecule has 3 aromatic rings. The zero-order chi connectivity index (χ0) is 29.5. The van der Waals surface area contributed by atoms with Gasteiger partial charge in [-0.05, 0) is 72.8 Å². The lowest BCUT2D eigenvalue weighted by molar-refractivity contribution is -0.127. The summed E-state index contributed by atoms with van der Waals surface area (Å²) in [5, 5.41) is 4.67. The Morgan fingerprint density at radius 3 is 2.51 bits per heavy atom. The average molecular weight is 602 g/mol. The van der Waals surface area contributed by atoms with Crippen molar-refractivity contribution >= 4 is 63.8 Å². The van der Waals surface area contributed by atoms with E-state index in [0.717, 1.165) is 12.1 Å². The predicted octanol–water partition coefficient (Wildman–Crippen LogP) is 5.71. The number of imide groups is 1. The Morgan fingerprint density at radius 2 is 1.78 bits per heavy atom. The molecule has 0 bridgehead atoms. The van der Waals surface area contributed by atoms with Crippen molar-refractivity contribution in [2.24, 2.45) is 0 Å². The molecule has 212 valence electrons. The van der Waals surface area contributed by atoms with E-state index in [2.05, 4.69) is 10.6 Å². The molecule has 0 spiro atoms. The van der Waals surface area contributed by atoms with Crippen LogP contribution in [0.1, 0.15) is 12.5 Å². The van der Waals surface area contributed by atoms with Crippen molar-refractivity contribution in [3.63, 3.8) is 0 Å². The SMILES string of the molecule is CCOc1cc(/C=C2/SC(=O)N(CC(=O)Nc3ccc(F)cc3F)C2=O)ccc1OCC(=O)Nc1cccc(Cl)c1. The topological polar surface area (TPSA) is 114 Å². The van der Waals surface area contributed by atoms with Crippen molar-refractivity contribution < 1.29 is 37.4 Å². The highest BCUT2D eigenvalue weighted by atomic mass is 35.5. The van der Waals surface area contributed by atoms with Crippen molar-refractivity contribution in [3.8, 4) is 11.5 Å². The summed E-state index contributed by atoms with van der Waals surface area (Å²) in [6, 6.07) is 14.0. The van der Waals surface area contributed by atoms with E-state index in [1.54, 1.807) is 49.4 Å². The Morgan fingerprint density at radius 1 is 0.976 bits per heavy atom. The number of carbonyl (C=O) groups excluding carboxylic acids is 4. The average Bonchev–Trinajstić information content (AvgIpc) is 3.17. The number of hydrogen-bond acceptors (Lipinski definition) is 7. The van der Waals surface area contributed by atoms with Gasteiger partial charge in [0.05, 0.1) is 17.2 Å². The Bertz CT molecular complexity index is 1550. The molecule has 4 rings (SSSR count). The lowest BCUT2D eigenvalue weighted by Crippen LogP contribution is -2.36. The minimum absolute atomic E-state index is 0.0489. The first kappa shape index (κ1) is 29.6. The van der Waals surface area contributed by atoms with E-state index in [-0.39, 0.29) is 29.6 Å². The molecule has 1 saturated heterocycles. The van der Waals surface area contributed by atoms with E-state index in [1.165, 1.54) is 6.08 Å². The van der Waals surface area contributed by atoms with Gasteiger partial charge in [-0.2, -0.15) is 0 Å². The van der Waals surface area contributed by atoms with Gasteiger partial charge in [0.1, 0.15) is 18.2 Å². The van der Waals surface area contributed by atoms with Crippen molar-refractivity contribution in [2.45, 2.75) is 6.92 Å². The summed E-state index contributed by atoms with van der Waals surface area (Å²) in [4.78, 5) is 50.7. The van der Waals surface area contributed by atoms with E-state index in [0.29, 0.717) is 44.8 Å². The number of carbonyl (C=O) groups is 4. The quantitative estimate of drug-likeness (QED) is 0.286. The molecule has 1 aliphatic heterocycles. The van der Waals surface area contributed by atoms with Crippen LogP contribution >= 0.6 is 23.4 Å². The van der Waals surface area contributed by atoms with Gasteiger partial charge in [0.2, 0.25) is 5.91 Å². The number of nitrogens with one attached hydrogen (secondary N) is 2. The molecule has 41 heavy (non-hydrogen) atoms. The molecular formula is C28H22ClF2N3O6S. The molecule has 0 atom stereocenters. The summed E-state index contributed by atoms with van der Waals surface area (Å²) < 4.78 is 38.2. The third kappa shape index (κ3) is 7.83. The molecule has 0 aromatic heterocycles. The van der Waals surface area contributed by atoms with Crippen LogP contribution in [0.25, 0.3) is 6.08 Å². The Labute approximate surface area is 242 Å². The van der Waals surface area contributed by atoms with Crippen LogP contribution in [0.15, 0.2) is 65.6 Å². The number of amides is 4. The normalized spacial score (nSPS) is 13.9. The van der Waals surface area contributed by atoms with E-state index in [4.69, 9.17) is 21.1 Å². The monoisotopic (exact) mass is 601 g/mol. The fourth-order valence-corrected chi connectivity index (χ4v) is 4.65. The predicted molar refractivity (Wildman–Crippen MR) is 151 cm³/mol. The van der Waals surface area contributed by atoms with E-state index >= 15 is 0 Å². The standard InChI is InChI=1S/C28H22ClF2N3O6S/c1-2-39-23-10-16(6-9-22(23)40-15-26(36)32-19-5-3-4-17(29)12-19)11-24-27(37)34(28(38)41-24)14-25(35)33-21-8-7-18(30)13-20(21)31/h3-13H,2,14-15H2,1H3,(H,32,36)(H,33,35)/b24-11+. The zero-order valence-electron chi connectivity index (χ0n) is 21.4. The van der Waals surface area contributed by atoms with Gasteiger partial charge >= 0.3 is 0 Å². The minimum atomic E-state index is -0.994. The summed E-state index contributed by atoms with van der Waals surface area (Å²) in [5.74, 6) is -3.20. The molecule has 0 aliphatic carbocycles. The van der Waals surface area contributed by atoms with Crippen molar-refractivity contribution in [1.82, 2.24) is 4.90 Å². The van der Waals surface area contributed by atoms with Crippen molar-refractivity contribution in [2.75, 3.05) is 30.4 Å². The minimum Gasteiger partial charge on any atom is -0.490 e. The summed E-state index contributed by atoms with van der Waals surface area (Å²) in [7, 11) is 0. The fraction of sp³-hybridized carbons (Fsp3) is 0.143. The summed E-state index contributed by atoms with van der Waals surface area (Å²) in [5.41, 5.74) is 0.722. The fourth-order valence-electron chi connectivity index (χ4n) is 3.62. The molecule has 0 unspecified atom stereocenters. The van der Waals surface area contributed by atoms with Crippen LogP contribution < -0.4 is 20.1 Å². The second kappa shape index (κ2) is 13.3. The molecule has 0 radical (unpaired) electrons. The number of rotatable bonds is 10. The number of ether oxygens (including phenoxy) is 2. The van der Waals surface area contributed by atoms with Gasteiger partial charge in [0, 0.05) is 16.8 Å². The molecule has 1 aliphatic rings. The maximum atomic E-state index is 13.8. The Kier molecular flexibility index (Phi) is 9.58. The van der Waals surface area contributed by atoms with Crippen LogP contribution in [0.3, 0.4) is 0 Å². The van der Waals surface area contributed by atoms with Gasteiger partial charge in [-0.1, -0.05) is 23.7 Å². The molecule has 2 N–H and O–H groups in total. The van der Waals surface area contributed by atoms with Gasteiger partial charge in [-0.3, -0.25) is 24.1 Å². The highest BCUT2D eigenvalue weighted by molar-refractivity contribution is 8.18. The van der Waals surface area contributed by atoms with Crippen LogP contribution in [-0.2, 0) is 14.4 Å². The van der Waals surface area contributed by atoms with Crippen LogP contribution in [-0.4, -0.2) is 47.6 Å². The lowest BCUT2D eigenvalue weighted by atomic mass is 10.2.